The van der Waals surface area contributed by atoms with Crippen molar-refractivity contribution in [2.45, 2.75) is 13.0 Å². The number of allylic oxidation sites excluding steroid dienone is 3. The standard InChI is InChI=1S/C15H19NO3/c1-3-4-5-9-15(18)16-11-14(17)12-7-6-8-13(10-12)19-2/h3-10,14,17H,11H2,1-2H3,(H,16,18)/b4-3?,9-5+. The summed E-state index contributed by atoms with van der Waals surface area (Å²) >= 11 is 0. The van der Waals surface area contributed by atoms with E-state index in [9.17, 15) is 9.90 Å². The first-order chi connectivity index (χ1) is 9.17. The van der Waals surface area contributed by atoms with Crippen LogP contribution in [0.25, 0.3) is 0 Å². The molecule has 1 amide bonds. The molecule has 0 radical (unpaired) electrons. The van der Waals surface area contributed by atoms with Gasteiger partial charge in [0.2, 0.25) is 5.91 Å². The van der Waals surface area contributed by atoms with Gasteiger partial charge in [0, 0.05) is 12.6 Å². The Morgan fingerprint density at radius 2 is 2.26 bits per heavy atom. The highest BCUT2D eigenvalue weighted by molar-refractivity contribution is 5.87. The van der Waals surface area contributed by atoms with Crippen molar-refractivity contribution in [3.8, 4) is 5.75 Å². The van der Waals surface area contributed by atoms with Crippen molar-refractivity contribution in [3.05, 3.63) is 54.1 Å². The Labute approximate surface area is 113 Å². The van der Waals surface area contributed by atoms with E-state index in [4.69, 9.17) is 4.74 Å². The van der Waals surface area contributed by atoms with Gasteiger partial charge in [0.05, 0.1) is 13.2 Å². The van der Waals surface area contributed by atoms with E-state index in [0.29, 0.717) is 11.3 Å². The molecule has 102 valence electrons. The van der Waals surface area contributed by atoms with Crippen LogP contribution in [0.2, 0.25) is 0 Å². The SMILES string of the molecule is CC=C/C=C/C(=O)NCC(O)c1cccc(OC)c1. The summed E-state index contributed by atoms with van der Waals surface area (Å²) in [5.41, 5.74) is 0.706. The summed E-state index contributed by atoms with van der Waals surface area (Å²) in [4.78, 5) is 11.4. The molecule has 0 bridgehead atoms. The molecule has 4 nitrogen and oxygen atoms in total. The van der Waals surface area contributed by atoms with E-state index < -0.39 is 6.10 Å². The average Bonchev–Trinajstić information content (AvgIpc) is 2.45. The molecular weight excluding hydrogens is 242 g/mol. The molecule has 19 heavy (non-hydrogen) atoms. The maximum atomic E-state index is 11.4. The molecule has 0 spiro atoms. The molecule has 0 aromatic heterocycles. The summed E-state index contributed by atoms with van der Waals surface area (Å²) in [5.74, 6) is 0.441. The molecular formula is C15H19NO3. The number of aliphatic hydroxyl groups is 1. The summed E-state index contributed by atoms with van der Waals surface area (Å²) in [5, 5.41) is 12.6. The minimum absolute atomic E-state index is 0.159. The van der Waals surface area contributed by atoms with E-state index in [-0.39, 0.29) is 12.5 Å². The number of hydrogen-bond acceptors (Lipinski definition) is 3. The first kappa shape index (κ1) is 15.0. The Hall–Kier alpha value is -2.07. The number of amides is 1. The number of ether oxygens (including phenoxy) is 1. The predicted octanol–water partition coefficient (Wildman–Crippen LogP) is 1.98. The zero-order valence-corrected chi connectivity index (χ0v) is 11.2. The fourth-order valence-electron chi connectivity index (χ4n) is 1.48. The molecule has 0 heterocycles. The number of rotatable bonds is 6. The first-order valence-electron chi connectivity index (χ1n) is 6.06. The molecule has 1 unspecified atom stereocenters. The molecule has 1 rings (SSSR count). The van der Waals surface area contributed by atoms with Gasteiger partial charge in [-0.3, -0.25) is 4.79 Å². The van der Waals surface area contributed by atoms with E-state index in [0.717, 1.165) is 0 Å². The number of benzene rings is 1. The molecule has 4 heteroatoms. The van der Waals surface area contributed by atoms with Gasteiger partial charge in [0.25, 0.3) is 0 Å². The second-order valence-corrected chi connectivity index (χ2v) is 3.92. The second kappa shape index (κ2) is 8.11. The van der Waals surface area contributed by atoms with Crippen LogP contribution in [-0.4, -0.2) is 24.7 Å². The van der Waals surface area contributed by atoms with Crippen LogP contribution in [0.3, 0.4) is 0 Å². The first-order valence-corrected chi connectivity index (χ1v) is 6.06. The largest absolute Gasteiger partial charge is 0.497 e. The van der Waals surface area contributed by atoms with Gasteiger partial charge in [-0.2, -0.15) is 0 Å². The van der Waals surface area contributed by atoms with Crippen molar-refractivity contribution in [2.75, 3.05) is 13.7 Å². The van der Waals surface area contributed by atoms with Crippen molar-refractivity contribution < 1.29 is 14.6 Å². The highest BCUT2D eigenvalue weighted by atomic mass is 16.5. The monoisotopic (exact) mass is 261 g/mol. The van der Waals surface area contributed by atoms with Gasteiger partial charge in [-0.15, -0.1) is 0 Å². The number of nitrogens with one attached hydrogen (secondary N) is 1. The van der Waals surface area contributed by atoms with Crippen LogP contribution in [-0.2, 0) is 4.79 Å². The van der Waals surface area contributed by atoms with Crippen LogP contribution >= 0.6 is 0 Å². The summed E-state index contributed by atoms with van der Waals surface area (Å²) in [6.07, 6.45) is 5.90. The van der Waals surface area contributed by atoms with E-state index in [1.807, 2.05) is 13.0 Å². The Bertz CT molecular complexity index is 466. The number of carbonyl (C=O) groups is 1. The van der Waals surface area contributed by atoms with E-state index in [2.05, 4.69) is 5.32 Å². The van der Waals surface area contributed by atoms with Crippen molar-refractivity contribution in [3.63, 3.8) is 0 Å². The fourth-order valence-corrected chi connectivity index (χ4v) is 1.48. The zero-order valence-electron chi connectivity index (χ0n) is 11.2. The lowest BCUT2D eigenvalue weighted by molar-refractivity contribution is -0.116. The van der Waals surface area contributed by atoms with Crippen molar-refractivity contribution in [1.82, 2.24) is 5.32 Å². The highest BCUT2D eigenvalue weighted by Gasteiger charge is 2.09. The molecule has 0 aliphatic carbocycles. The van der Waals surface area contributed by atoms with Gasteiger partial charge in [-0.1, -0.05) is 30.4 Å². The lowest BCUT2D eigenvalue weighted by Crippen LogP contribution is -2.26. The highest BCUT2D eigenvalue weighted by Crippen LogP contribution is 2.18. The second-order valence-electron chi connectivity index (χ2n) is 3.92. The Balaban J connectivity index is 2.50. The molecule has 1 atom stereocenters. The van der Waals surface area contributed by atoms with Crippen LogP contribution in [0, 0.1) is 0 Å². The molecule has 0 saturated carbocycles. The summed E-state index contributed by atoms with van der Waals surface area (Å²) in [6.45, 7) is 2.03. The molecule has 0 aliphatic heterocycles. The number of aliphatic hydroxyl groups excluding tert-OH is 1. The number of hydrogen-bond donors (Lipinski definition) is 2. The minimum atomic E-state index is -0.755. The van der Waals surface area contributed by atoms with Gasteiger partial charge in [-0.05, 0) is 24.6 Å². The Morgan fingerprint density at radius 3 is 2.95 bits per heavy atom. The van der Waals surface area contributed by atoms with Gasteiger partial charge in [0.1, 0.15) is 5.75 Å². The van der Waals surface area contributed by atoms with E-state index in [1.165, 1.54) is 6.08 Å². The fraction of sp³-hybridized carbons (Fsp3) is 0.267. The third-order valence-electron chi connectivity index (χ3n) is 2.50. The quantitative estimate of drug-likeness (QED) is 0.608. The van der Waals surface area contributed by atoms with E-state index >= 15 is 0 Å². The molecule has 0 aliphatic rings. The summed E-state index contributed by atoms with van der Waals surface area (Å²) in [6, 6.07) is 7.13. The van der Waals surface area contributed by atoms with Gasteiger partial charge in [0.15, 0.2) is 0 Å². The minimum Gasteiger partial charge on any atom is -0.497 e. The average molecular weight is 261 g/mol. The summed E-state index contributed by atoms with van der Waals surface area (Å²) in [7, 11) is 1.57. The van der Waals surface area contributed by atoms with Crippen LogP contribution in [0.4, 0.5) is 0 Å². The molecule has 0 saturated heterocycles. The smallest absolute Gasteiger partial charge is 0.244 e. The van der Waals surface area contributed by atoms with Gasteiger partial charge in [-0.25, -0.2) is 0 Å². The zero-order chi connectivity index (χ0) is 14.1. The van der Waals surface area contributed by atoms with Crippen LogP contribution < -0.4 is 10.1 Å². The molecule has 1 aromatic rings. The predicted molar refractivity (Wildman–Crippen MR) is 74.9 cm³/mol. The van der Waals surface area contributed by atoms with Crippen molar-refractivity contribution in [1.29, 1.82) is 0 Å². The Morgan fingerprint density at radius 1 is 1.47 bits per heavy atom. The maximum Gasteiger partial charge on any atom is 0.244 e. The lowest BCUT2D eigenvalue weighted by atomic mass is 10.1. The molecule has 2 N–H and O–H groups in total. The van der Waals surface area contributed by atoms with E-state index in [1.54, 1.807) is 43.5 Å². The number of carbonyl (C=O) groups excluding carboxylic acids is 1. The maximum absolute atomic E-state index is 11.4. The third-order valence-corrected chi connectivity index (χ3v) is 2.50. The van der Waals surface area contributed by atoms with Gasteiger partial charge >= 0.3 is 0 Å². The Kier molecular flexibility index (Phi) is 6.39. The van der Waals surface area contributed by atoms with Crippen LogP contribution in [0.5, 0.6) is 5.75 Å². The number of methoxy groups -OCH3 is 1. The van der Waals surface area contributed by atoms with Crippen molar-refractivity contribution in [2.24, 2.45) is 0 Å². The van der Waals surface area contributed by atoms with Crippen LogP contribution in [0.1, 0.15) is 18.6 Å². The van der Waals surface area contributed by atoms with Crippen LogP contribution in [0.15, 0.2) is 48.6 Å². The third kappa shape index (κ3) is 5.40. The van der Waals surface area contributed by atoms with Gasteiger partial charge < -0.3 is 15.2 Å². The lowest BCUT2D eigenvalue weighted by Gasteiger charge is -2.12. The molecule has 0 fully saturated rings. The normalized spacial score (nSPS) is 12.8. The summed E-state index contributed by atoms with van der Waals surface area (Å²) < 4.78 is 5.08. The topological polar surface area (TPSA) is 58.6 Å². The molecule has 1 aromatic carbocycles. The van der Waals surface area contributed by atoms with Crippen molar-refractivity contribution >= 4 is 5.91 Å².